The SMILES string of the molecule is O=Cc1nc([N+](=O)[O-])cs1. The van der Waals surface area contributed by atoms with Crippen molar-refractivity contribution < 1.29 is 9.72 Å². The smallest absolute Gasteiger partial charge is 0.358 e. The van der Waals surface area contributed by atoms with Gasteiger partial charge in [0, 0.05) is 0 Å². The number of hydrogen-bond donors (Lipinski definition) is 0. The van der Waals surface area contributed by atoms with Gasteiger partial charge in [-0.3, -0.25) is 4.79 Å². The fourth-order valence-electron chi connectivity index (χ4n) is 0.417. The molecule has 1 aromatic heterocycles. The lowest BCUT2D eigenvalue weighted by Gasteiger charge is -1.81. The minimum Gasteiger partial charge on any atom is -0.358 e. The Balaban J connectivity index is 2.98. The third-order valence-corrected chi connectivity index (χ3v) is 1.56. The minimum absolute atomic E-state index is 0.131. The fourth-order valence-corrected chi connectivity index (χ4v) is 0.983. The van der Waals surface area contributed by atoms with E-state index in [1.54, 1.807) is 0 Å². The molecule has 0 aromatic carbocycles. The summed E-state index contributed by atoms with van der Waals surface area (Å²) < 4.78 is 0. The molecule has 0 aliphatic rings. The molecule has 0 aliphatic carbocycles. The molecule has 0 amide bonds. The molecular formula is C4H2N2O3S. The van der Waals surface area contributed by atoms with Crippen molar-refractivity contribution in [2.45, 2.75) is 0 Å². The van der Waals surface area contributed by atoms with Gasteiger partial charge in [-0.15, -0.1) is 0 Å². The number of carbonyl (C=O) groups is 1. The van der Waals surface area contributed by atoms with E-state index < -0.39 is 4.92 Å². The van der Waals surface area contributed by atoms with Gasteiger partial charge in [0.05, 0.1) is 5.38 Å². The molecule has 1 heterocycles. The van der Waals surface area contributed by atoms with Crippen LogP contribution in [0.25, 0.3) is 0 Å². The summed E-state index contributed by atoms with van der Waals surface area (Å²) in [5.74, 6) is -0.271. The summed E-state index contributed by atoms with van der Waals surface area (Å²) in [7, 11) is 0. The number of nitro groups is 1. The second kappa shape index (κ2) is 2.53. The van der Waals surface area contributed by atoms with E-state index in [-0.39, 0.29) is 10.8 Å². The maximum absolute atomic E-state index is 9.97. The van der Waals surface area contributed by atoms with Crippen molar-refractivity contribution in [2.75, 3.05) is 0 Å². The number of rotatable bonds is 2. The molecule has 52 valence electrons. The molecule has 0 atom stereocenters. The fraction of sp³-hybridized carbons (Fsp3) is 0. The average Bonchev–Trinajstić information content (AvgIpc) is 2.34. The van der Waals surface area contributed by atoms with Crippen molar-refractivity contribution in [3.63, 3.8) is 0 Å². The van der Waals surface area contributed by atoms with Crippen LogP contribution in [0.1, 0.15) is 9.80 Å². The molecule has 0 radical (unpaired) electrons. The number of hydrogen-bond acceptors (Lipinski definition) is 5. The predicted molar refractivity (Wildman–Crippen MR) is 34.2 cm³/mol. The van der Waals surface area contributed by atoms with E-state index in [9.17, 15) is 14.9 Å². The molecule has 1 aromatic rings. The van der Waals surface area contributed by atoms with Crippen molar-refractivity contribution in [2.24, 2.45) is 0 Å². The number of nitrogens with zero attached hydrogens (tertiary/aromatic N) is 2. The molecule has 6 heteroatoms. The van der Waals surface area contributed by atoms with Gasteiger partial charge < -0.3 is 10.1 Å². The summed E-state index contributed by atoms with van der Waals surface area (Å²) in [6.45, 7) is 0. The lowest BCUT2D eigenvalue weighted by Crippen LogP contribution is -1.87. The third-order valence-electron chi connectivity index (χ3n) is 0.798. The van der Waals surface area contributed by atoms with Crippen LogP contribution in [0.5, 0.6) is 0 Å². The van der Waals surface area contributed by atoms with Crippen LogP contribution in [0.15, 0.2) is 5.38 Å². The molecule has 0 bridgehead atoms. The number of aromatic nitrogens is 1. The first-order chi connectivity index (χ1) is 4.74. The van der Waals surface area contributed by atoms with Gasteiger partial charge in [-0.1, -0.05) is 11.3 Å². The lowest BCUT2D eigenvalue weighted by atomic mass is 10.7. The largest absolute Gasteiger partial charge is 0.375 e. The Hall–Kier alpha value is -1.30. The summed E-state index contributed by atoms with van der Waals surface area (Å²) >= 11 is 0.957. The molecular weight excluding hydrogens is 156 g/mol. The van der Waals surface area contributed by atoms with Gasteiger partial charge in [0.15, 0.2) is 0 Å². The molecule has 1 rings (SSSR count). The normalized spacial score (nSPS) is 9.20. The molecule has 0 fully saturated rings. The van der Waals surface area contributed by atoms with E-state index in [2.05, 4.69) is 4.98 Å². The second-order valence-electron chi connectivity index (χ2n) is 1.42. The van der Waals surface area contributed by atoms with Crippen LogP contribution in [-0.4, -0.2) is 16.2 Å². The van der Waals surface area contributed by atoms with E-state index in [1.165, 1.54) is 5.38 Å². The number of thiazole rings is 1. The summed E-state index contributed by atoms with van der Waals surface area (Å²) in [5.41, 5.74) is 0. The van der Waals surface area contributed by atoms with Crippen molar-refractivity contribution in [3.8, 4) is 0 Å². The van der Waals surface area contributed by atoms with Crippen LogP contribution < -0.4 is 0 Å². The third kappa shape index (κ3) is 1.16. The Morgan fingerprint density at radius 2 is 2.50 bits per heavy atom. The lowest BCUT2D eigenvalue weighted by molar-refractivity contribution is -0.389. The monoisotopic (exact) mass is 158 g/mol. The first-order valence-corrected chi connectivity index (χ1v) is 3.17. The van der Waals surface area contributed by atoms with E-state index in [0.29, 0.717) is 6.29 Å². The summed E-state index contributed by atoms with van der Waals surface area (Å²) in [6, 6.07) is 0. The van der Waals surface area contributed by atoms with Gasteiger partial charge >= 0.3 is 5.82 Å². The molecule has 0 saturated carbocycles. The highest BCUT2D eigenvalue weighted by molar-refractivity contribution is 7.11. The highest BCUT2D eigenvalue weighted by Crippen LogP contribution is 2.13. The summed E-state index contributed by atoms with van der Waals surface area (Å²) in [5, 5.41) is 11.3. The Morgan fingerprint density at radius 3 is 2.80 bits per heavy atom. The highest BCUT2D eigenvalue weighted by Gasteiger charge is 2.11. The van der Waals surface area contributed by atoms with Crippen LogP contribution in [0.2, 0.25) is 0 Å². The van der Waals surface area contributed by atoms with Crippen LogP contribution in [0.3, 0.4) is 0 Å². The quantitative estimate of drug-likeness (QED) is 0.363. The Labute approximate surface area is 59.5 Å². The van der Waals surface area contributed by atoms with E-state index in [4.69, 9.17) is 0 Å². The van der Waals surface area contributed by atoms with Gasteiger partial charge in [0.25, 0.3) is 5.01 Å². The van der Waals surface area contributed by atoms with Crippen LogP contribution in [0, 0.1) is 10.1 Å². The van der Waals surface area contributed by atoms with Crippen molar-refractivity contribution in [3.05, 3.63) is 20.5 Å². The second-order valence-corrected chi connectivity index (χ2v) is 2.31. The van der Waals surface area contributed by atoms with E-state index in [0.717, 1.165) is 11.3 Å². The Kier molecular flexibility index (Phi) is 1.72. The standard InChI is InChI=1S/C4H2N2O3S/c7-1-4-5-3(2-10-4)6(8)9/h1-2H. The minimum atomic E-state index is -0.635. The zero-order valence-corrected chi connectivity index (χ0v) is 5.50. The van der Waals surface area contributed by atoms with Crippen LogP contribution >= 0.6 is 11.3 Å². The van der Waals surface area contributed by atoms with E-state index in [1.807, 2.05) is 0 Å². The summed E-state index contributed by atoms with van der Waals surface area (Å²) in [4.78, 5) is 22.7. The zero-order valence-electron chi connectivity index (χ0n) is 4.68. The van der Waals surface area contributed by atoms with Gasteiger partial charge in [0.1, 0.15) is 0 Å². The molecule has 0 N–H and O–H groups in total. The van der Waals surface area contributed by atoms with Crippen molar-refractivity contribution >= 4 is 23.4 Å². The Bertz CT molecular complexity index is 269. The maximum Gasteiger partial charge on any atom is 0.375 e. The number of carbonyl (C=O) groups excluding carboxylic acids is 1. The van der Waals surface area contributed by atoms with Crippen LogP contribution in [0.4, 0.5) is 5.82 Å². The molecule has 0 saturated heterocycles. The van der Waals surface area contributed by atoms with Crippen molar-refractivity contribution in [1.29, 1.82) is 0 Å². The van der Waals surface area contributed by atoms with Gasteiger partial charge in [-0.2, -0.15) is 0 Å². The maximum atomic E-state index is 9.97. The zero-order chi connectivity index (χ0) is 7.56. The molecule has 5 nitrogen and oxygen atoms in total. The topological polar surface area (TPSA) is 73.1 Å². The van der Waals surface area contributed by atoms with Gasteiger partial charge in [-0.05, 0) is 9.91 Å². The van der Waals surface area contributed by atoms with Crippen molar-refractivity contribution in [1.82, 2.24) is 4.98 Å². The van der Waals surface area contributed by atoms with Gasteiger partial charge in [0.2, 0.25) is 6.29 Å². The first kappa shape index (κ1) is 6.81. The number of aldehydes is 1. The van der Waals surface area contributed by atoms with Crippen LogP contribution in [-0.2, 0) is 0 Å². The van der Waals surface area contributed by atoms with E-state index >= 15 is 0 Å². The first-order valence-electron chi connectivity index (χ1n) is 2.29. The highest BCUT2D eigenvalue weighted by atomic mass is 32.1. The molecule has 0 spiro atoms. The predicted octanol–water partition coefficient (Wildman–Crippen LogP) is 0.864. The van der Waals surface area contributed by atoms with Gasteiger partial charge in [-0.25, -0.2) is 0 Å². The Morgan fingerprint density at radius 1 is 1.80 bits per heavy atom. The molecule has 0 aliphatic heterocycles. The molecule has 0 unspecified atom stereocenters. The average molecular weight is 158 g/mol. The summed E-state index contributed by atoms with van der Waals surface area (Å²) in [6.07, 6.45) is 0.484. The molecule has 10 heavy (non-hydrogen) atoms.